The molecule has 0 aliphatic rings. The number of nitrogens with zero attached hydrogens (tertiary/aromatic N) is 1. The highest BCUT2D eigenvalue weighted by Crippen LogP contribution is 2.14. The number of nitrogens with one attached hydrogen (secondary N) is 1. The standard InChI is InChI=1S/C15H24N2O2/c1-4-12-5-7-13(8-6-12)14(11-18)16-15(19)9-10-17(2)3/h5-8,14,18H,4,9-11H2,1-3H3,(H,16,19). The Balaban J connectivity index is 2.59. The van der Waals surface area contributed by atoms with Crippen LogP contribution in [-0.2, 0) is 11.2 Å². The first-order valence-electron chi connectivity index (χ1n) is 6.70. The molecule has 4 heteroatoms. The van der Waals surface area contributed by atoms with Crippen molar-refractivity contribution in [1.29, 1.82) is 0 Å². The summed E-state index contributed by atoms with van der Waals surface area (Å²) in [6, 6.07) is 7.67. The topological polar surface area (TPSA) is 52.6 Å². The minimum atomic E-state index is -0.319. The van der Waals surface area contributed by atoms with Gasteiger partial charge in [0.25, 0.3) is 0 Å². The number of carbonyl (C=O) groups is 1. The second kappa shape index (κ2) is 7.92. The van der Waals surface area contributed by atoms with Gasteiger partial charge in [0, 0.05) is 13.0 Å². The number of aryl methyl sites for hydroxylation is 1. The molecule has 106 valence electrons. The smallest absolute Gasteiger partial charge is 0.221 e. The van der Waals surface area contributed by atoms with Crippen LogP contribution in [0.25, 0.3) is 0 Å². The predicted octanol–water partition coefficient (Wildman–Crippen LogP) is 1.35. The lowest BCUT2D eigenvalue weighted by Gasteiger charge is -2.18. The van der Waals surface area contributed by atoms with Crippen molar-refractivity contribution >= 4 is 5.91 Å². The van der Waals surface area contributed by atoms with E-state index in [0.717, 1.165) is 12.0 Å². The van der Waals surface area contributed by atoms with Gasteiger partial charge in [0.2, 0.25) is 5.91 Å². The minimum Gasteiger partial charge on any atom is -0.394 e. The van der Waals surface area contributed by atoms with Crippen molar-refractivity contribution in [1.82, 2.24) is 10.2 Å². The molecule has 4 nitrogen and oxygen atoms in total. The summed E-state index contributed by atoms with van der Waals surface area (Å²) < 4.78 is 0. The van der Waals surface area contributed by atoms with Gasteiger partial charge in [0.15, 0.2) is 0 Å². The fourth-order valence-electron chi connectivity index (χ4n) is 1.81. The van der Waals surface area contributed by atoms with E-state index in [0.29, 0.717) is 13.0 Å². The lowest BCUT2D eigenvalue weighted by atomic mass is 10.0. The maximum absolute atomic E-state index is 11.8. The number of amides is 1. The molecule has 0 fully saturated rings. The Morgan fingerprint density at radius 1 is 1.32 bits per heavy atom. The monoisotopic (exact) mass is 264 g/mol. The number of aliphatic hydroxyl groups is 1. The van der Waals surface area contributed by atoms with E-state index in [9.17, 15) is 9.90 Å². The van der Waals surface area contributed by atoms with Gasteiger partial charge < -0.3 is 15.3 Å². The van der Waals surface area contributed by atoms with Crippen molar-refractivity contribution < 1.29 is 9.90 Å². The average Bonchev–Trinajstić information content (AvgIpc) is 2.42. The third kappa shape index (κ3) is 5.41. The van der Waals surface area contributed by atoms with Crippen LogP contribution in [0.1, 0.15) is 30.5 Å². The van der Waals surface area contributed by atoms with Crippen LogP contribution in [0.4, 0.5) is 0 Å². The Hall–Kier alpha value is -1.39. The maximum atomic E-state index is 11.8. The van der Waals surface area contributed by atoms with Gasteiger partial charge in [0.05, 0.1) is 12.6 Å². The van der Waals surface area contributed by atoms with Crippen molar-refractivity contribution in [3.8, 4) is 0 Å². The Morgan fingerprint density at radius 3 is 2.42 bits per heavy atom. The molecular weight excluding hydrogens is 240 g/mol. The Kier molecular flexibility index (Phi) is 6.53. The molecule has 1 aromatic carbocycles. The third-order valence-corrected chi connectivity index (χ3v) is 3.09. The molecule has 0 bridgehead atoms. The lowest BCUT2D eigenvalue weighted by molar-refractivity contribution is -0.122. The summed E-state index contributed by atoms with van der Waals surface area (Å²) in [7, 11) is 3.86. The van der Waals surface area contributed by atoms with Gasteiger partial charge in [-0.1, -0.05) is 31.2 Å². The summed E-state index contributed by atoms with van der Waals surface area (Å²) in [6.07, 6.45) is 1.43. The van der Waals surface area contributed by atoms with Crippen molar-refractivity contribution in [3.05, 3.63) is 35.4 Å². The zero-order valence-electron chi connectivity index (χ0n) is 12.0. The first kappa shape index (κ1) is 15.7. The summed E-state index contributed by atoms with van der Waals surface area (Å²) in [5.74, 6) is -0.0349. The van der Waals surface area contributed by atoms with Crippen molar-refractivity contribution in [2.75, 3.05) is 27.2 Å². The Labute approximate surface area is 115 Å². The highest BCUT2D eigenvalue weighted by molar-refractivity contribution is 5.76. The molecule has 1 unspecified atom stereocenters. The third-order valence-electron chi connectivity index (χ3n) is 3.09. The molecule has 1 atom stereocenters. The molecule has 1 aromatic rings. The van der Waals surface area contributed by atoms with Crippen molar-refractivity contribution in [2.24, 2.45) is 0 Å². The average molecular weight is 264 g/mol. The van der Waals surface area contributed by atoms with Crippen LogP contribution in [0.2, 0.25) is 0 Å². The summed E-state index contributed by atoms with van der Waals surface area (Å²) in [4.78, 5) is 13.7. The highest BCUT2D eigenvalue weighted by atomic mass is 16.3. The Morgan fingerprint density at radius 2 is 1.95 bits per heavy atom. The fraction of sp³-hybridized carbons (Fsp3) is 0.533. The molecule has 1 amide bonds. The number of rotatable bonds is 7. The second-order valence-corrected chi connectivity index (χ2v) is 4.95. The van der Waals surface area contributed by atoms with Crippen LogP contribution < -0.4 is 5.32 Å². The summed E-state index contributed by atoms with van der Waals surface area (Å²) in [5, 5.41) is 12.3. The largest absolute Gasteiger partial charge is 0.394 e. The van der Waals surface area contributed by atoms with Crippen LogP contribution >= 0.6 is 0 Å². The van der Waals surface area contributed by atoms with Crippen LogP contribution in [0.15, 0.2) is 24.3 Å². The van der Waals surface area contributed by atoms with Crippen molar-refractivity contribution in [3.63, 3.8) is 0 Å². The van der Waals surface area contributed by atoms with Crippen LogP contribution in [-0.4, -0.2) is 43.2 Å². The van der Waals surface area contributed by atoms with E-state index in [-0.39, 0.29) is 18.6 Å². The van der Waals surface area contributed by atoms with E-state index >= 15 is 0 Å². The molecule has 0 saturated carbocycles. The molecular formula is C15H24N2O2. The van der Waals surface area contributed by atoms with E-state index in [2.05, 4.69) is 12.2 Å². The van der Waals surface area contributed by atoms with Crippen LogP contribution in [0.3, 0.4) is 0 Å². The van der Waals surface area contributed by atoms with Gasteiger partial charge in [0.1, 0.15) is 0 Å². The first-order valence-corrected chi connectivity index (χ1v) is 6.70. The molecule has 19 heavy (non-hydrogen) atoms. The summed E-state index contributed by atoms with van der Waals surface area (Å²) >= 11 is 0. The molecule has 1 rings (SSSR count). The molecule has 2 N–H and O–H groups in total. The van der Waals surface area contributed by atoms with Crippen molar-refractivity contribution in [2.45, 2.75) is 25.8 Å². The fourth-order valence-corrected chi connectivity index (χ4v) is 1.81. The molecule has 0 saturated heterocycles. The molecule has 0 aromatic heterocycles. The van der Waals surface area contributed by atoms with Gasteiger partial charge in [-0.15, -0.1) is 0 Å². The van der Waals surface area contributed by atoms with E-state index in [1.54, 1.807) is 0 Å². The number of hydrogen-bond acceptors (Lipinski definition) is 3. The quantitative estimate of drug-likeness (QED) is 0.781. The zero-order chi connectivity index (χ0) is 14.3. The van der Waals surface area contributed by atoms with Gasteiger partial charge in [-0.25, -0.2) is 0 Å². The lowest BCUT2D eigenvalue weighted by Crippen LogP contribution is -2.32. The Bertz CT molecular complexity index is 388. The van der Waals surface area contributed by atoms with Gasteiger partial charge in [-0.3, -0.25) is 4.79 Å². The van der Waals surface area contributed by atoms with E-state index in [4.69, 9.17) is 0 Å². The van der Waals surface area contributed by atoms with Gasteiger partial charge in [-0.2, -0.15) is 0 Å². The summed E-state index contributed by atoms with van der Waals surface area (Å²) in [6.45, 7) is 2.72. The van der Waals surface area contributed by atoms with Gasteiger partial charge >= 0.3 is 0 Å². The molecule has 0 radical (unpaired) electrons. The van der Waals surface area contributed by atoms with Crippen LogP contribution in [0, 0.1) is 0 Å². The maximum Gasteiger partial charge on any atom is 0.221 e. The number of carbonyl (C=O) groups excluding carboxylic acids is 1. The molecule has 0 aliphatic heterocycles. The minimum absolute atomic E-state index is 0.0349. The summed E-state index contributed by atoms with van der Waals surface area (Å²) in [5.41, 5.74) is 2.19. The van der Waals surface area contributed by atoms with E-state index in [1.165, 1.54) is 5.56 Å². The van der Waals surface area contributed by atoms with Gasteiger partial charge in [-0.05, 0) is 31.6 Å². The number of aliphatic hydroxyl groups excluding tert-OH is 1. The highest BCUT2D eigenvalue weighted by Gasteiger charge is 2.13. The number of benzene rings is 1. The first-order chi connectivity index (χ1) is 9.06. The SMILES string of the molecule is CCc1ccc(C(CO)NC(=O)CCN(C)C)cc1. The normalized spacial score (nSPS) is 12.5. The van der Waals surface area contributed by atoms with Crippen LogP contribution in [0.5, 0.6) is 0 Å². The molecule has 0 aliphatic carbocycles. The molecule has 0 spiro atoms. The predicted molar refractivity (Wildman–Crippen MR) is 77.0 cm³/mol. The second-order valence-electron chi connectivity index (χ2n) is 4.95. The zero-order valence-corrected chi connectivity index (χ0v) is 12.0. The van der Waals surface area contributed by atoms with E-state index in [1.807, 2.05) is 43.3 Å². The van der Waals surface area contributed by atoms with E-state index < -0.39 is 0 Å². The number of hydrogen-bond donors (Lipinski definition) is 2. The molecule has 0 heterocycles.